The van der Waals surface area contributed by atoms with Crippen molar-refractivity contribution in [2.75, 3.05) is 26.2 Å². The predicted octanol–water partition coefficient (Wildman–Crippen LogP) is 3.97. The van der Waals surface area contributed by atoms with Crippen molar-refractivity contribution in [3.8, 4) is 0 Å². The average Bonchev–Trinajstić information content (AvgIpc) is 3.54. The van der Waals surface area contributed by atoms with Gasteiger partial charge in [0.1, 0.15) is 11.6 Å². The Morgan fingerprint density at radius 1 is 0.550 bits per heavy atom. The molecule has 40 heavy (non-hydrogen) atoms. The number of fused-ring (bicyclic) bond motifs is 2. The maximum atomic E-state index is 12.6. The molecular weight excluding hydrogens is 548 g/mol. The van der Waals surface area contributed by atoms with E-state index in [-0.39, 0.29) is 23.4 Å². The number of carbonyl (C=O) groups excluding carboxylic acids is 2. The zero-order valence-electron chi connectivity index (χ0n) is 23.2. The standard InChI is InChI=1S/2C15H19NO3S/c2*1-11-2-6-15(7-3-11)20(18,19)16-9-12-4-5-14(17)8-13(12)10-16/h2*2-3,6-7,12-13H,4-5,8-10H2,1H3/t2*12-,13-/m00/s1. The van der Waals surface area contributed by atoms with Crippen molar-refractivity contribution < 1.29 is 26.4 Å². The Labute approximate surface area is 237 Å². The molecule has 4 atom stereocenters. The second-order valence-corrected chi connectivity index (χ2v) is 15.7. The fraction of sp³-hybridized carbons (Fsp3) is 0.533. The second kappa shape index (κ2) is 11.5. The maximum absolute atomic E-state index is 12.6. The highest BCUT2D eigenvalue weighted by Crippen LogP contribution is 2.38. The van der Waals surface area contributed by atoms with Crippen LogP contribution in [-0.4, -0.2) is 63.2 Å². The molecule has 0 unspecified atom stereocenters. The lowest BCUT2D eigenvalue weighted by Crippen LogP contribution is -2.29. The Balaban J connectivity index is 0.000000161. The molecule has 4 fully saturated rings. The van der Waals surface area contributed by atoms with Gasteiger partial charge in [0.25, 0.3) is 0 Å². The number of carbonyl (C=O) groups is 2. The largest absolute Gasteiger partial charge is 0.300 e. The summed E-state index contributed by atoms with van der Waals surface area (Å²) < 4.78 is 53.6. The van der Waals surface area contributed by atoms with E-state index in [9.17, 15) is 26.4 Å². The zero-order chi connectivity index (χ0) is 28.7. The lowest BCUT2D eigenvalue weighted by atomic mass is 9.81. The first-order valence-electron chi connectivity index (χ1n) is 14.1. The number of sulfonamides is 2. The van der Waals surface area contributed by atoms with Crippen LogP contribution in [0, 0.1) is 37.5 Å². The van der Waals surface area contributed by atoms with E-state index in [2.05, 4.69) is 0 Å². The number of nitrogens with zero attached hydrogens (tertiary/aromatic N) is 2. The molecule has 2 saturated carbocycles. The van der Waals surface area contributed by atoms with Gasteiger partial charge in [-0.3, -0.25) is 9.59 Å². The summed E-state index contributed by atoms with van der Waals surface area (Å²) in [7, 11) is -6.82. The number of aryl methyl sites for hydroxylation is 2. The Bertz CT molecular complexity index is 1360. The summed E-state index contributed by atoms with van der Waals surface area (Å²) in [6.45, 7) is 5.99. The van der Waals surface area contributed by atoms with Crippen molar-refractivity contribution in [3.63, 3.8) is 0 Å². The molecule has 2 saturated heterocycles. The number of rotatable bonds is 4. The molecule has 4 aliphatic rings. The Morgan fingerprint density at radius 3 is 1.23 bits per heavy atom. The van der Waals surface area contributed by atoms with Crippen LogP contribution in [0.5, 0.6) is 0 Å². The van der Waals surface area contributed by atoms with Gasteiger partial charge in [0, 0.05) is 51.9 Å². The number of benzene rings is 2. The minimum atomic E-state index is -3.41. The number of Topliss-reactive ketones (excluding diaryl/α,β-unsaturated/α-hetero) is 2. The van der Waals surface area contributed by atoms with Crippen LogP contribution < -0.4 is 0 Å². The van der Waals surface area contributed by atoms with Crippen molar-refractivity contribution in [1.82, 2.24) is 8.61 Å². The fourth-order valence-corrected chi connectivity index (χ4v) is 9.61. The summed E-state index contributed by atoms with van der Waals surface area (Å²) in [5.41, 5.74) is 2.09. The molecule has 216 valence electrons. The molecule has 0 bridgehead atoms. The SMILES string of the molecule is Cc1ccc(S(=O)(=O)N2C[C@@H]3CCC(=O)C[C@H]3C2)cc1.Cc1ccc(S(=O)(=O)N2C[C@@H]3CCC(=O)C[C@H]3C2)cc1. The molecular formula is C30H38N2O6S2. The van der Waals surface area contributed by atoms with Crippen LogP contribution >= 0.6 is 0 Å². The lowest BCUT2D eigenvalue weighted by Gasteiger charge is -2.22. The Kier molecular flexibility index (Phi) is 8.34. The molecule has 2 aromatic carbocycles. The van der Waals surface area contributed by atoms with Crippen molar-refractivity contribution in [3.05, 3.63) is 59.7 Å². The first-order chi connectivity index (χ1) is 18.9. The summed E-state index contributed by atoms with van der Waals surface area (Å²) in [5.74, 6) is 1.70. The van der Waals surface area contributed by atoms with E-state index < -0.39 is 20.0 Å². The van der Waals surface area contributed by atoms with Crippen LogP contribution in [-0.2, 0) is 29.6 Å². The molecule has 2 aliphatic carbocycles. The fourth-order valence-electron chi connectivity index (χ4n) is 6.50. The third-order valence-corrected chi connectivity index (χ3v) is 12.7. The van der Waals surface area contributed by atoms with Gasteiger partial charge in [0.05, 0.1) is 9.79 Å². The highest BCUT2D eigenvalue weighted by molar-refractivity contribution is 7.89. The van der Waals surface area contributed by atoms with E-state index in [0.717, 1.165) is 24.0 Å². The van der Waals surface area contributed by atoms with Crippen LogP contribution in [0.3, 0.4) is 0 Å². The van der Waals surface area contributed by atoms with Crippen LogP contribution in [0.4, 0.5) is 0 Å². The summed E-state index contributed by atoms with van der Waals surface area (Å²) >= 11 is 0. The van der Waals surface area contributed by atoms with Crippen LogP contribution in [0.25, 0.3) is 0 Å². The van der Waals surface area contributed by atoms with Crippen molar-refractivity contribution >= 4 is 31.6 Å². The van der Waals surface area contributed by atoms with Gasteiger partial charge in [0.15, 0.2) is 0 Å². The van der Waals surface area contributed by atoms with Gasteiger partial charge in [-0.25, -0.2) is 16.8 Å². The number of hydrogen-bond donors (Lipinski definition) is 0. The van der Waals surface area contributed by atoms with Gasteiger partial charge in [-0.05, 0) is 74.6 Å². The minimum absolute atomic E-state index is 0.219. The van der Waals surface area contributed by atoms with Gasteiger partial charge in [-0.2, -0.15) is 8.61 Å². The van der Waals surface area contributed by atoms with E-state index in [0.29, 0.717) is 73.5 Å². The number of hydrogen-bond acceptors (Lipinski definition) is 6. The second-order valence-electron chi connectivity index (χ2n) is 11.9. The van der Waals surface area contributed by atoms with Gasteiger partial charge >= 0.3 is 0 Å². The van der Waals surface area contributed by atoms with Crippen molar-refractivity contribution in [1.29, 1.82) is 0 Å². The number of ketones is 2. The predicted molar refractivity (Wildman–Crippen MR) is 152 cm³/mol. The molecule has 10 heteroatoms. The van der Waals surface area contributed by atoms with Gasteiger partial charge in [-0.1, -0.05) is 35.4 Å². The van der Waals surface area contributed by atoms with Crippen LogP contribution in [0.2, 0.25) is 0 Å². The summed E-state index contributed by atoms with van der Waals surface area (Å²) in [4.78, 5) is 23.7. The Morgan fingerprint density at radius 2 is 0.875 bits per heavy atom. The summed E-state index contributed by atoms with van der Waals surface area (Å²) in [5, 5.41) is 0. The first kappa shape index (κ1) is 29.1. The molecule has 2 aliphatic heterocycles. The lowest BCUT2D eigenvalue weighted by molar-refractivity contribution is -0.122. The third-order valence-electron chi connectivity index (χ3n) is 8.97. The molecule has 0 aromatic heterocycles. The van der Waals surface area contributed by atoms with E-state index >= 15 is 0 Å². The first-order valence-corrected chi connectivity index (χ1v) is 17.0. The topological polar surface area (TPSA) is 109 Å². The van der Waals surface area contributed by atoms with E-state index in [1.165, 1.54) is 0 Å². The third kappa shape index (κ3) is 6.10. The Hall–Kier alpha value is -2.40. The van der Waals surface area contributed by atoms with E-state index in [1.54, 1.807) is 32.9 Å². The van der Waals surface area contributed by atoms with Crippen molar-refractivity contribution in [2.24, 2.45) is 23.7 Å². The average molecular weight is 587 g/mol. The smallest absolute Gasteiger partial charge is 0.243 e. The van der Waals surface area contributed by atoms with Gasteiger partial charge in [-0.15, -0.1) is 0 Å². The van der Waals surface area contributed by atoms with E-state index in [1.807, 2.05) is 38.1 Å². The normalized spacial score (nSPS) is 27.6. The van der Waals surface area contributed by atoms with Crippen LogP contribution in [0.1, 0.15) is 49.7 Å². The van der Waals surface area contributed by atoms with E-state index in [4.69, 9.17) is 0 Å². The highest BCUT2D eigenvalue weighted by atomic mass is 32.2. The molecule has 0 amide bonds. The summed E-state index contributed by atoms with van der Waals surface area (Å²) in [6.07, 6.45) is 3.99. The molecule has 0 radical (unpaired) electrons. The molecule has 6 rings (SSSR count). The van der Waals surface area contributed by atoms with Crippen molar-refractivity contribution in [2.45, 2.75) is 62.2 Å². The minimum Gasteiger partial charge on any atom is -0.300 e. The molecule has 2 aromatic rings. The monoisotopic (exact) mass is 586 g/mol. The maximum Gasteiger partial charge on any atom is 0.243 e. The van der Waals surface area contributed by atoms with Gasteiger partial charge < -0.3 is 0 Å². The highest BCUT2D eigenvalue weighted by Gasteiger charge is 2.43. The quantitative estimate of drug-likeness (QED) is 0.537. The molecule has 2 heterocycles. The van der Waals surface area contributed by atoms with Gasteiger partial charge in [0.2, 0.25) is 20.0 Å². The summed E-state index contributed by atoms with van der Waals surface area (Å²) in [6, 6.07) is 13.9. The zero-order valence-corrected chi connectivity index (χ0v) is 24.8. The molecule has 8 nitrogen and oxygen atoms in total. The van der Waals surface area contributed by atoms with Crippen LogP contribution in [0.15, 0.2) is 58.3 Å². The molecule has 0 N–H and O–H groups in total. The molecule has 0 spiro atoms.